The molecule has 0 spiro atoms. The number of halogens is 1. The van der Waals surface area contributed by atoms with Gasteiger partial charge < -0.3 is 10.1 Å². The van der Waals surface area contributed by atoms with Crippen molar-refractivity contribution >= 4 is 23.7 Å². The number of aryl methyl sites for hydroxylation is 1. The molecule has 2 aromatic carbocycles. The van der Waals surface area contributed by atoms with Crippen LogP contribution in [0.1, 0.15) is 30.0 Å². The zero-order valence-corrected chi connectivity index (χ0v) is 17.9. The van der Waals surface area contributed by atoms with E-state index in [0.717, 1.165) is 18.4 Å². The van der Waals surface area contributed by atoms with Crippen molar-refractivity contribution in [2.24, 2.45) is 10.2 Å². The summed E-state index contributed by atoms with van der Waals surface area (Å²) in [7, 11) is 1.43. The van der Waals surface area contributed by atoms with E-state index in [1.54, 1.807) is 25.1 Å². The molecule has 4 rings (SSSR count). The number of aromatic nitrogens is 2. The molecular formula is C23H20FN5O4. The molecule has 1 aromatic heterocycles. The van der Waals surface area contributed by atoms with Crippen LogP contribution in [0.4, 0.5) is 15.8 Å². The molecule has 1 aliphatic rings. The van der Waals surface area contributed by atoms with E-state index < -0.39 is 11.4 Å². The third-order valence-corrected chi connectivity index (χ3v) is 5.19. The van der Waals surface area contributed by atoms with Crippen LogP contribution in [-0.4, -0.2) is 29.1 Å². The van der Waals surface area contributed by atoms with Crippen molar-refractivity contribution in [3.8, 4) is 17.0 Å². The molecule has 0 unspecified atom stereocenters. The van der Waals surface area contributed by atoms with Gasteiger partial charge in [-0.15, -0.1) is 4.91 Å². The van der Waals surface area contributed by atoms with Crippen LogP contribution in [0.3, 0.4) is 0 Å². The number of hydrogen-bond acceptors (Lipinski definition) is 7. The number of anilines is 1. The maximum Gasteiger partial charge on any atom is 0.298 e. The van der Waals surface area contributed by atoms with Gasteiger partial charge in [0.2, 0.25) is 0 Å². The normalized spacial score (nSPS) is 13.5. The lowest BCUT2D eigenvalue weighted by Gasteiger charge is -2.17. The molecule has 3 aromatic rings. The van der Waals surface area contributed by atoms with Crippen LogP contribution in [0, 0.1) is 17.6 Å². The van der Waals surface area contributed by atoms with Gasteiger partial charge in [-0.05, 0) is 54.8 Å². The maximum absolute atomic E-state index is 14.5. The lowest BCUT2D eigenvalue weighted by Crippen LogP contribution is -2.33. The minimum absolute atomic E-state index is 0.00215. The number of aliphatic imine (C=N–C) groups is 1. The lowest BCUT2D eigenvalue weighted by atomic mass is 10.1. The zero-order valence-electron chi connectivity index (χ0n) is 17.9. The monoisotopic (exact) mass is 449 g/mol. The average Bonchev–Trinajstić information content (AvgIpc) is 3.65. The average molecular weight is 449 g/mol. The Bertz CT molecular complexity index is 1330. The summed E-state index contributed by atoms with van der Waals surface area (Å²) in [6.07, 6.45) is 1.52. The highest BCUT2D eigenvalue weighted by molar-refractivity contribution is 6.11. The molecule has 0 saturated heterocycles. The van der Waals surface area contributed by atoms with Crippen molar-refractivity contribution in [1.82, 2.24) is 9.78 Å². The Morgan fingerprint density at radius 2 is 2.06 bits per heavy atom. The first-order chi connectivity index (χ1) is 16.0. The zero-order chi connectivity index (χ0) is 23.5. The van der Waals surface area contributed by atoms with Gasteiger partial charge in [-0.25, -0.2) is 9.07 Å². The number of carbonyl (C=O) groups is 1. The first-order valence-corrected chi connectivity index (χ1v) is 10.2. The molecule has 1 heterocycles. The van der Waals surface area contributed by atoms with E-state index in [0.29, 0.717) is 5.56 Å². The number of hydrogen-bond donors (Lipinski definition) is 1. The first kappa shape index (κ1) is 22.0. The molecule has 9 nitrogen and oxygen atoms in total. The Morgan fingerprint density at radius 1 is 1.27 bits per heavy atom. The summed E-state index contributed by atoms with van der Waals surface area (Å²) >= 11 is 0. The Balaban J connectivity index is 1.95. The molecular weight excluding hydrogens is 429 g/mol. The molecule has 0 aliphatic heterocycles. The van der Waals surface area contributed by atoms with Crippen molar-refractivity contribution in [2.45, 2.75) is 25.8 Å². The van der Waals surface area contributed by atoms with Crippen LogP contribution >= 0.6 is 0 Å². The Morgan fingerprint density at radius 3 is 2.70 bits per heavy atom. The largest absolute Gasteiger partial charge is 0.425 e. The van der Waals surface area contributed by atoms with Gasteiger partial charge in [-0.2, -0.15) is 5.10 Å². The van der Waals surface area contributed by atoms with Crippen LogP contribution in [0.25, 0.3) is 11.3 Å². The quantitative estimate of drug-likeness (QED) is 0.251. The molecule has 168 valence electrons. The van der Waals surface area contributed by atoms with E-state index in [1.807, 2.05) is 0 Å². The van der Waals surface area contributed by atoms with Gasteiger partial charge in [0, 0.05) is 12.6 Å². The van der Waals surface area contributed by atoms with Gasteiger partial charge in [-0.3, -0.25) is 14.6 Å². The molecule has 0 radical (unpaired) electrons. The highest BCUT2D eigenvalue weighted by Gasteiger charge is 2.32. The predicted octanol–water partition coefficient (Wildman–Crippen LogP) is 4.11. The van der Waals surface area contributed by atoms with E-state index in [4.69, 9.17) is 4.74 Å². The Kier molecular flexibility index (Phi) is 6.07. The molecule has 33 heavy (non-hydrogen) atoms. The van der Waals surface area contributed by atoms with Crippen LogP contribution in [0.15, 0.2) is 57.4 Å². The SMILES string of the molecule is CN=C(Nc1ccc(C)cc1F)c1c(OC=O)c(-c2cccc(N=O)c2)nn(C2CC2)c1=O. The predicted molar refractivity (Wildman–Crippen MR) is 122 cm³/mol. The fourth-order valence-electron chi connectivity index (χ4n) is 3.44. The van der Waals surface area contributed by atoms with Crippen LogP contribution in [-0.2, 0) is 4.79 Å². The van der Waals surface area contributed by atoms with Gasteiger partial charge in [0.15, 0.2) is 5.75 Å². The van der Waals surface area contributed by atoms with Crippen molar-refractivity contribution in [1.29, 1.82) is 0 Å². The van der Waals surface area contributed by atoms with Gasteiger partial charge in [-0.1, -0.05) is 18.2 Å². The van der Waals surface area contributed by atoms with Crippen molar-refractivity contribution in [2.75, 3.05) is 12.4 Å². The van der Waals surface area contributed by atoms with E-state index in [2.05, 4.69) is 20.6 Å². The minimum atomic E-state index is -0.539. The van der Waals surface area contributed by atoms with Gasteiger partial charge in [0.25, 0.3) is 12.0 Å². The first-order valence-electron chi connectivity index (χ1n) is 10.2. The number of nitrogens with zero attached hydrogens (tertiary/aromatic N) is 4. The number of nitrogens with one attached hydrogen (secondary N) is 1. The number of amidine groups is 1. The van der Waals surface area contributed by atoms with Gasteiger partial charge in [0.05, 0.1) is 11.7 Å². The van der Waals surface area contributed by atoms with E-state index in [-0.39, 0.29) is 46.7 Å². The van der Waals surface area contributed by atoms with Crippen molar-refractivity contribution in [3.63, 3.8) is 0 Å². The molecule has 0 bridgehead atoms. The topological polar surface area (TPSA) is 115 Å². The highest BCUT2D eigenvalue weighted by Crippen LogP contribution is 2.37. The van der Waals surface area contributed by atoms with Crippen molar-refractivity contribution in [3.05, 3.63) is 74.7 Å². The summed E-state index contributed by atoms with van der Waals surface area (Å²) in [5, 5.41) is 10.2. The summed E-state index contributed by atoms with van der Waals surface area (Å²) in [6.45, 7) is 1.93. The number of nitroso groups, excluding NO2 is 1. The molecule has 1 aliphatic carbocycles. The second-order valence-electron chi connectivity index (χ2n) is 7.57. The summed E-state index contributed by atoms with van der Waals surface area (Å²) in [4.78, 5) is 40.0. The Hall–Kier alpha value is -4.21. The van der Waals surface area contributed by atoms with Gasteiger partial charge in [0.1, 0.15) is 28.6 Å². The lowest BCUT2D eigenvalue weighted by molar-refractivity contribution is -0.120. The number of benzene rings is 2. The standard InChI is InChI=1S/C23H20FN5O4/c1-13-6-9-18(17(24)10-13)26-22(25-2)19-21(33-12-30)20(14-4-3-5-15(11-14)28-32)27-29(23(19)31)16-7-8-16/h3-6,9-12,16H,7-8H2,1-2H3,(H,25,26). The molecule has 1 saturated carbocycles. The number of rotatable bonds is 7. The van der Waals surface area contributed by atoms with Gasteiger partial charge >= 0.3 is 0 Å². The summed E-state index contributed by atoms with van der Waals surface area (Å²) in [6, 6.07) is 10.7. The maximum atomic E-state index is 14.5. The highest BCUT2D eigenvalue weighted by atomic mass is 19.1. The number of ether oxygens (including phenoxy) is 1. The molecule has 0 atom stereocenters. The third-order valence-electron chi connectivity index (χ3n) is 5.19. The fourth-order valence-corrected chi connectivity index (χ4v) is 3.44. The molecule has 1 fully saturated rings. The molecule has 0 amide bonds. The molecule has 1 N–H and O–H groups in total. The van der Waals surface area contributed by atoms with Crippen molar-refractivity contribution < 1.29 is 13.9 Å². The Labute approximate surface area is 187 Å². The van der Waals surface area contributed by atoms with E-state index in [9.17, 15) is 18.9 Å². The minimum Gasteiger partial charge on any atom is -0.425 e. The third kappa shape index (κ3) is 4.40. The summed E-state index contributed by atoms with van der Waals surface area (Å²) in [5.41, 5.74) is 0.916. The second kappa shape index (κ2) is 9.11. The summed E-state index contributed by atoms with van der Waals surface area (Å²) in [5.74, 6) is -0.687. The smallest absolute Gasteiger partial charge is 0.298 e. The molecule has 10 heteroatoms. The summed E-state index contributed by atoms with van der Waals surface area (Å²) < 4.78 is 21.0. The fraction of sp³-hybridized carbons (Fsp3) is 0.217. The van der Waals surface area contributed by atoms with Crippen LogP contribution in [0.2, 0.25) is 0 Å². The second-order valence-corrected chi connectivity index (χ2v) is 7.57. The van der Waals surface area contributed by atoms with E-state index in [1.165, 1.54) is 36.0 Å². The van der Waals surface area contributed by atoms with E-state index >= 15 is 0 Å². The number of carbonyl (C=O) groups excluding carboxylic acids is 1. The van der Waals surface area contributed by atoms with Crippen LogP contribution < -0.4 is 15.6 Å². The van der Waals surface area contributed by atoms with Crippen LogP contribution in [0.5, 0.6) is 5.75 Å².